The number of hydrogen-bond donors (Lipinski definition) is 4. The fourth-order valence-corrected chi connectivity index (χ4v) is 3.92. The summed E-state index contributed by atoms with van der Waals surface area (Å²) in [5.74, 6) is 1.07. The first-order chi connectivity index (χ1) is 15.5. The molecule has 1 fully saturated rings. The van der Waals surface area contributed by atoms with Crippen LogP contribution in [-0.4, -0.2) is 60.8 Å². The Bertz CT molecular complexity index is 960. The molecule has 0 saturated carbocycles. The van der Waals surface area contributed by atoms with Gasteiger partial charge in [0.25, 0.3) is 0 Å². The molecule has 33 heavy (non-hydrogen) atoms. The van der Waals surface area contributed by atoms with Crippen molar-refractivity contribution >= 4 is 35.8 Å². The Hall–Kier alpha value is -2.36. The van der Waals surface area contributed by atoms with Crippen LogP contribution in [0.5, 0.6) is 0 Å². The number of ether oxygens (including phenoxy) is 1. The average Bonchev–Trinajstić information content (AvgIpc) is 3.38. The summed E-state index contributed by atoms with van der Waals surface area (Å²) in [5.41, 5.74) is 9.27. The van der Waals surface area contributed by atoms with Crippen molar-refractivity contribution in [2.24, 2.45) is 10.4 Å². The number of nitriles is 1. The van der Waals surface area contributed by atoms with Crippen molar-refractivity contribution in [1.29, 1.82) is 5.26 Å². The first-order valence-electron chi connectivity index (χ1n) is 11.0. The van der Waals surface area contributed by atoms with Crippen molar-refractivity contribution in [3.05, 3.63) is 41.1 Å². The largest absolute Gasteiger partial charge is 0.396 e. The summed E-state index contributed by atoms with van der Waals surface area (Å²) < 4.78 is 7.17. The second-order valence-corrected chi connectivity index (χ2v) is 8.30. The number of aliphatic imine (C=N–C) groups is 1. The van der Waals surface area contributed by atoms with Gasteiger partial charge in [0.2, 0.25) is 0 Å². The molecule has 1 saturated heterocycles. The molecule has 0 bridgehead atoms. The highest BCUT2D eigenvalue weighted by atomic mass is 127. The Labute approximate surface area is 212 Å². The lowest BCUT2D eigenvalue weighted by atomic mass is 9.84. The van der Waals surface area contributed by atoms with Crippen LogP contribution in [-0.2, 0) is 11.2 Å². The molecule has 0 aliphatic carbocycles. The number of aryl methyl sites for hydroxylation is 2. The number of halogens is 1. The van der Waals surface area contributed by atoms with Gasteiger partial charge in [-0.2, -0.15) is 10.4 Å². The zero-order valence-electron chi connectivity index (χ0n) is 19.3. The van der Waals surface area contributed by atoms with E-state index in [-0.39, 0.29) is 36.0 Å². The minimum Gasteiger partial charge on any atom is -0.396 e. The number of anilines is 1. The molecule has 1 aromatic heterocycles. The number of aliphatic hydroxyl groups is 1. The van der Waals surface area contributed by atoms with E-state index in [4.69, 9.17) is 10.5 Å². The van der Waals surface area contributed by atoms with E-state index >= 15 is 0 Å². The third-order valence-corrected chi connectivity index (χ3v) is 5.95. The SMILES string of the molecule is CN=C(NCCCc1nn(-c2ccc(C)cc2)c(N)c1C#N)NCC1(CCO)CCOC1.I. The van der Waals surface area contributed by atoms with Gasteiger partial charge in [0.05, 0.1) is 18.0 Å². The van der Waals surface area contributed by atoms with Crippen LogP contribution >= 0.6 is 24.0 Å². The van der Waals surface area contributed by atoms with Crippen molar-refractivity contribution < 1.29 is 9.84 Å². The molecule has 180 valence electrons. The Morgan fingerprint density at radius 1 is 1.36 bits per heavy atom. The number of aromatic nitrogens is 2. The predicted molar refractivity (Wildman–Crippen MR) is 140 cm³/mol. The third-order valence-electron chi connectivity index (χ3n) is 5.95. The molecule has 1 aromatic carbocycles. The number of hydrogen-bond acceptors (Lipinski definition) is 6. The normalized spacial score (nSPS) is 17.9. The van der Waals surface area contributed by atoms with Crippen LogP contribution < -0.4 is 16.4 Å². The Morgan fingerprint density at radius 2 is 2.12 bits per heavy atom. The number of nitrogens with one attached hydrogen (secondary N) is 2. The van der Waals surface area contributed by atoms with Crippen LogP contribution in [0.1, 0.15) is 36.1 Å². The van der Waals surface area contributed by atoms with E-state index in [9.17, 15) is 10.4 Å². The van der Waals surface area contributed by atoms with Gasteiger partial charge in [-0.3, -0.25) is 4.99 Å². The van der Waals surface area contributed by atoms with Crippen molar-refractivity contribution in [3.63, 3.8) is 0 Å². The van der Waals surface area contributed by atoms with Crippen molar-refractivity contribution in [2.45, 2.75) is 32.6 Å². The van der Waals surface area contributed by atoms with Gasteiger partial charge in [-0.25, -0.2) is 4.68 Å². The first-order valence-corrected chi connectivity index (χ1v) is 11.0. The third kappa shape index (κ3) is 6.82. The zero-order valence-corrected chi connectivity index (χ0v) is 21.6. The molecule has 1 unspecified atom stereocenters. The maximum absolute atomic E-state index is 9.57. The number of guanidine groups is 1. The molecular weight excluding hydrogens is 533 g/mol. The van der Waals surface area contributed by atoms with E-state index in [0.29, 0.717) is 55.6 Å². The van der Waals surface area contributed by atoms with E-state index in [2.05, 4.69) is 26.8 Å². The average molecular weight is 567 g/mol. The van der Waals surface area contributed by atoms with E-state index < -0.39 is 0 Å². The lowest BCUT2D eigenvalue weighted by Crippen LogP contribution is -2.44. The fraction of sp³-hybridized carbons (Fsp3) is 0.522. The predicted octanol–water partition coefficient (Wildman–Crippen LogP) is 2.14. The van der Waals surface area contributed by atoms with Crippen LogP contribution in [0.3, 0.4) is 0 Å². The lowest BCUT2D eigenvalue weighted by Gasteiger charge is -2.27. The number of benzene rings is 1. The lowest BCUT2D eigenvalue weighted by molar-refractivity contribution is 0.127. The molecule has 1 atom stereocenters. The second kappa shape index (κ2) is 12.8. The molecule has 0 radical (unpaired) electrons. The Morgan fingerprint density at radius 3 is 2.73 bits per heavy atom. The van der Waals surface area contributed by atoms with Crippen molar-refractivity contribution in [1.82, 2.24) is 20.4 Å². The van der Waals surface area contributed by atoms with Gasteiger partial charge in [0.1, 0.15) is 17.5 Å². The second-order valence-electron chi connectivity index (χ2n) is 8.30. The van der Waals surface area contributed by atoms with Crippen LogP contribution in [0.25, 0.3) is 5.69 Å². The van der Waals surface area contributed by atoms with Gasteiger partial charge in [0.15, 0.2) is 5.96 Å². The van der Waals surface area contributed by atoms with Crippen LogP contribution in [0.4, 0.5) is 5.82 Å². The minimum atomic E-state index is -0.0472. The molecule has 1 aliphatic rings. The quantitative estimate of drug-likeness (QED) is 0.158. The van der Waals surface area contributed by atoms with Crippen LogP contribution in [0.2, 0.25) is 0 Å². The maximum atomic E-state index is 9.57. The molecule has 9 nitrogen and oxygen atoms in total. The van der Waals surface area contributed by atoms with Gasteiger partial charge >= 0.3 is 0 Å². The van der Waals surface area contributed by atoms with E-state index in [1.54, 1.807) is 11.7 Å². The van der Waals surface area contributed by atoms with E-state index in [1.807, 2.05) is 31.2 Å². The minimum absolute atomic E-state index is 0. The zero-order chi connectivity index (χ0) is 23.0. The molecule has 3 rings (SSSR count). The molecule has 10 heteroatoms. The highest BCUT2D eigenvalue weighted by Crippen LogP contribution is 2.31. The number of nitrogen functional groups attached to an aromatic ring is 1. The summed E-state index contributed by atoms with van der Waals surface area (Å²) in [6.07, 6.45) is 3.03. The van der Waals surface area contributed by atoms with Gasteiger partial charge in [-0.05, 0) is 44.7 Å². The topological polar surface area (TPSA) is 134 Å². The molecule has 5 N–H and O–H groups in total. The maximum Gasteiger partial charge on any atom is 0.190 e. The van der Waals surface area contributed by atoms with Gasteiger partial charge in [-0.15, -0.1) is 24.0 Å². The smallest absolute Gasteiger partial charge is 0.190 e. The van der Waals surface area contributed by atoms with Crippen molar-refractivity contribution in [3.8, 4) is 11.8 Å². The number of nitrogens with two attached hydrogens (primary N) is 1. The molecular formula is C23H34IN7O2. The number of rotatable bonds is 9. The Kier molecular flexibility index (Phi) is 10.4. The first kappa shape index (κ1) is 26.9. The van der Waals surface area contributed by atoms with Crippen molar-refractivity contribution in [2.75, 3.05) is 45.7 Å². The molecule has 1 aliphatic heterocycles. The summed E-state index contributed by atoms with van der Waals surface area (Å²) in [7, 11) is 1.73. The van der Waals surface area contributed by atoms with Gasteiger partial charge in [-0.1, -0.05) is 17.7 Å². The number of aliphatic hydroxyl groups excluding tert-OH is 1. The standard InChI is InChI=1S/C23H33N7O2.HI/c1-17-5-7-18(8-6-17)30-21(25)19(14-24)20(29-30)4-3-11-27-22(26-2)28-15-23(9-12-31)10-13-32-16-23;/h5-8,31H,3-4,9-13,15-16,25H2,1-2H3,(H2,26,27,28);1H. The number of nitrogens with zero attached hydrogens (tertiary/aromatic N) is 4. The molecule has 2 heterocycles. The summed E-state index contributed by atoms with van der Waals surface area (Å²) in [6.45, 7) is 4.92. The monoisotopic (exact) mass is 567 g/mol. The summed E-state index contributed by atoms with van der Waals surface area (Å²) in [6, 6.07) is 10.1. The molecule has 2 aromatic rings. The molecule has 0 amide bonds. The highest BCUT2D eigenvalue weighted by molar-refractivity contribution is 14.0. The fourth-order valence-electron chi connectivity index (χ4n) is 3.92. The summed E-state index contributed by atoms with van der Waals surface area (Å²) in [5, 5.41) is 30.2. The summed E-state index contributed by atoms with van der Waals surface area (Å²) in [4.78, 5) is 4.28. The van der Waals surface area contributed by atoms with Crippen LogP contribution in [0, 0.1) is 23.7 Å². The van der Waals surface area contributed by atoms with E-state index in [0.717, 1.165) is 30.7 Å². The van der Waals surface area contributed by atoms with Crippen LogP contribution in [0.15, 0.2) is 29.3 Å². The van der Waals surface area contributed by atoms with Gasteiger partial charge < -0.3 is 26.2 Å². The van der Waals surface area contributed by atoms with Gasteiger partial charge in [0, 0.05) is 38.8 Å². The van der Waals surface area contributed by atoms with E-state index in [1.165, 1.54) is 0 Å². The highest BCUT2D eigenvalue weighted by Gasteiger charge is 2.34. The Balaban J connectivity index is 0.00000385. The summed E-state index contributed by atoms with van der Waals surface area (Å²) >= 11 is 0. The molecule has 0 spiro atoms.